The van der Waals surface area contributed by atoms with E-state index in [9.17, 15) is 8.42 Å². The number of rotatable bonds is 6. The van der Waals surface area contributed by atoms with Gasteiger partial charge >= 0.3 is 0 Å². The van der Waals surface area contributed by atoms with Gasteiger partial charge in [0.15, 0.2) is 0 Å². The summed E-state index contributed by atoms with van der Waals surface area (Å²) in [6.45, 7) is 4.68. The molecular weight excluding hydrogens is 306 g/mol. The molecule has 0 atom stereocenters. The number of benzene rings is 1. The molecule has 0 spiro atoms. The monoisotopic (exact) mass is 325 g/mol. The molecule has 0 radical (unpaired) electrons. The molecule has 2 rings (SSSR count). The van der Waals surface area contributed by atoms with Crippen LogP contribution in [0.1, 0.15) is 22.4 Å². The Morgan fingerprint density at radius 2 is 2.10 bits per heavy atom. The second-order valence-electron chi connectivity index (χ2n) is 4.83. The summed E-state index contributed by atoms with van der Waals surface area (Å²) >= 11 is 1.70. The minimum Gasteiger partial charge on any atom is -0.380 e. The lowest BCUT2D eigenvalue weighted by Crippen LogP contribution is -2.10. The van der Waals surface area contributed by atoms with Crippen molar-refractivity contribution in [2.45, 2.75) is 26.8 Å². The summed E-state index contributed by atoms with van der Waals surface area (Å²) in [6.07, 6.45) is 3.99. The zero-order valence-electron chi connectivity index (χ0n) is 12.3. The van der Waals surface area contributed by atoms with E-state index in [1.807, 2.05) is 25.3 Å². The van der Waals surface area contributed by atoms with Gasteiger partial charge < -0.3 is 5.32 Å². The number of thiazole rings is 1. The van der Waals surface area contributed by atoms with Crippen LogP contribution in [0.15, 0.2) is 24.4 Å². The second-order valence-corrected chi connectivity index (χ2v) is 7.78. The largest absolute Gasteiger partial charge is 0.380 e. The van der Waals surface area contributed by atoms with Gasteiger partial charge in [-0.05, 0) is 37.1 Å². The average molecular weight is 325 g/mol. The highest BCUT2D eigenvalue weighted by atomic mass is 32.2. The third kappa shape index (κ3) is 4.71. The molecule has 0 fully saturated rings. The van der Waals surface area contributed by atoms with E-state index < -0.39 is 10.0 Å². The van der Waals surface area contributed by atoms with Crippen LogP contribution >= 0.6 is 11.3 Å². The summed E-state index contributed by atoms with van der Waals surface area (Å²) in [5, 5.41) is 4.46. The van der Waals surface area contributed by atoms with E-state index in [1.54, 1.807) is 17.4 Å². The standard InChI is InChI=1S/C14H19N3O2S2/c1-4-14-16-9-12(20-14)8-15-11-5-6-13(10(2)7-11)17-21(3,18)19/h5-7,9,15,17H,4,8H2,1-3H3. The number of aromatic nitrogens is 1. The lowest BCUT2D eigenvalue weighted by atomic mass is 10.2. The van der Waals surface area contributed by atoms with Crippen molar-refractivity contribution in [3.8, 4) is 0 Å². The molecule has 21 heavy (non-hydrogen) atoms. The summed E-state index contributed by atoms with van der Waals surface area (Å²) in [7, 11) is -3.24. The van der Waals surface area contributed by atoms with E-state index in [2.05, 4.69) is 21.9 Å². The summed E-state index contributed by atoms with van der Waals surface area (Å²) in [6, 6.07) is 5.56. The first-order valence-corrected chi connectivity index (χ1v) is 9.34. The molecule has 0 aliphatic heterocycles. The van der Waals surface area contributed by atoms with Gasteiger partial charge in [-0.25, -0.2) is 13.4 Å². The van der Waals surface area contributed by atoms with Crippen LogP contribution in [0, 0.1) is 6.92 Å². The molecule has 0 saturated carbocycles. The van der Waals surface area contributed by atoms with Crippen LogP contribution in [0.3, 0.4) is 0 Å². The highest BCUT2D eigenvalue weighted by molar-refractivity contribution is 7.92. The fourth-order valence-electron chi connectivity index (χ4n) is 1.87. The third-order valence-electron chi connectivity index (χ3n) is 2.89. The van der Waals surface area contributed by atoms with Crippen molar-refractivity contribution in [3.05, 3.63) is 39.8 Å². The molecule has 0 aliphatic rings. The smallest absolute Gasteiger partial charge is 0.229 e. The number of anilines is 2. The van der Waals surface area contributed by atoms with Crippen LogP contribution < -0.4 is 10.0 Å². The first kappa shape index (κ1) is 15.8. The minimum absolute atomic E-state index is 0.606. The van der Waals surface area contributed by atoms with E-state index in [4.69, 9.17) is 0 Å². The van der Waals surface area contributed by atoms with Crippen LogP contribution in [0.4, 0.5) is 11.4 Å². The molecule has 0 bridgehead atoms. The first-order chi connectivity index (χ1) is 9.87. The lowest BCUT2D eigenvalue weighted by Gasteiger charge is -2.10. The van der Waals surface area contributed by atoms with Crippen molar-refractivity contribution in [3.63, 3.8) is 0 Å². The molecule has 0 saturated heterocycles. The Balaban J connectivity index is 2.03. The summed E-state index contributed by atoms with van der Waals surface area (Å²) in [5.41, 5.74) is 2.44. The van der Waals surface area contributed by atoms with E-state index >= 15 is 0 Å². The van der Waals surface area contributed by atoms with Crippen LogP contribution in [0.25, 0.3) is 0 Å². The van der Waals surface area contributed by atoms with Crippen molar-refractivity contribution in [1.29, 1.82) is 0 Å². The van der Waals surface area contributed by atoms with Crippen LogP contribution in [0.5, 0.6) is 0 Å². The second kappa shape index (κ2) is 6.44. The molecule has 114 valence electrons. The fraction of sp³-hybridized carbons (Fsp3) is 0.357. The molecule has 1 heterocycles. The number of aryl methyl sites for hydroxylation is 2. The van der Waals surface area contributed by atoms with E-state index in [0.717, 1.165) is 35.5 Å². The van der Waals surface area contributed by atoms with Crippen molar-refractivity contribution < 1.29 is 8.42 Å². The average Bonchev–Trinajstić information content (AvgIpc) is 2.86. The van der Waals surface area contributed by atoms with Crippen molar-refractivity contribution >= 4 is 32.7 Å². The van der Waals surface area contributed by atoms with Crippen LogP contribution in [-0.2, 0) is 23.0 Å². The molecule has 1 aromatic heterocycles. The highest BCUT2D eigenvalue weighted by Crippen LogP contribution is 2.22. The minimum atomic E-state index is -3.24. The zero-order chi connectivity index (χ0) is 15.5. The lowest BCUT2D eigenvalue weighted by molar-refractivity contribution is 0.607. The molecular formula is C14H19N3O2S2. The van der Waals surface area contributed by atoms with Gasteiger partial charge in [-0.2, -0.15) is 0 Å². The summed E-state index contributed by atoms with van der Waals surface area (Å²) in [4.78, 5) is 5.50. The van der Waals surface area contributed by atoms with Crippen LogP contribution in [0.2, 0.25) is 0 Å². The van der Waals surface area contributed by atoms with Gasteiger partial charge in [-0.3, -0.25) is 4.72 Å². The van der Waals surface area contributed by atoms with Gasteiger partial charge in [0, 0.05) is 16.8 Å². The molecule has 1 aromatic carbocycles. The summed E-state index contributed by atoms with van der Waals surface area (Å²) in [5.74, 6) is 0. The Hall–Kier alpha value is -1.60. The highest BCUT2D eigenvalue weighted by Gasteiger charge is 2.06. The SMILES string of the molecule is CCc1ncc(CNc2ccc(NS(C)(=O)=O)c(C)c2)s1. The number of hydrogen-bond acceptors (Lipinski definition) is 5. The Labute approximate surface area is 129 Å². The number of sulfonamides is 1. The molecule has 0 amide bonds. The quantitative estimate of drug-likeness (QED) is 0.856. The van der Waals surface area contributed by atoms with Gasteiger partial charge in [0.1, 0.15) is 0 Å². The Bertz CT molecular complexity index is 724. The Morgan fingerprint density at radius 3 is 2.67 bits per heavy atom. The fourth-order valence-corrected chi connectivity index (χ4v) is 3.30. The van der Waals surface area contributed by atoms with Gasteiger partial charge in [0.25, 0.3) is 0 Å². The Morgan fingerprint density at radius 1 is 1.33 bits per heavy atom. The van der Waals surface area contributed by atoms with Gasteiger partial charge in [-0.1, -0.05) is 6.92 Å². The van der Waals surface area contributed by atoms with Crippen molar-refractivity contribution in [1.82, 2.24) is 4.98 Å². The molecule has 2 N–H and O–H groups in total. The first-order valence-electron chi connectivity index (χ1n) is 6.63. The molecule has 0 unspecified atom stereocenters. The normalized spacial score (nSPS) is 11.4. The van der Waals surface area contributed by atoms with Gasteiger partial charge in [-0.15, -0.1) is 11.3 Å². The number of nitrogens with zero attached hydrogens (tertiary/aromatic N) is 1. The molecule has 7 heteroatoms. The molecule has 0 aliphatic carbocycles. The maximum absolute atomic E-state index is 11.2. The number of nitrogens with one attached hydrogen (secondary N) is 2. The Kier molecular flexibility index (Phi) is 4.84. The zero-order valence-corrected chi connectivity index (χ0v) is 13.9. The third-order valence-corrected chi connectivity index (χ3v) is 4.62. The van der Waals surface area contributed by atoms with Gasteiger partial charge in [0.2, 0.25) is 10.0 Å². The van der Waals surface area contributed by atoms with Crippen molar-refractivity contribution in [2.24, 2.45) is 0 Å². The predicted molar refractivity (Wildman–Crippen MR) is 88.5 cm³/mol. The van der Waals surface area contributed by atoms with Gasteiger partial charge in [0.05, 0.1) is 23.5 Å². The van der Waals surface area contributed by atoms with E-state index in [0.29, 0.717) is 5.69 Å². The van der Waals surface area contributed by atoms with Crippen molar-refractivity contribution in [2.75, 3.05) is 16.3 Å². The number of hydrogen-bond donors (Lipinski definition) is 2. The molecule has 2 aromatic rings. The predicted octanol–water partition coefficient (Wildman–Crippen LogP) is 3.00. The maximum Gasteiger partial charge on any atom is 0.229 e. The maximum atomic E-state index is 11.2. The van der Waals surface area contributed by atoms with E-state index in [-0.39, 0.29) is 0 Å². The van der Waals surface area contributed by atoms with E-state index in [1.165, 1.54) is 4.88 Å². The summed E-state index contributed by atoms with van der Waals surface area (Å²) < 4.78 is 25.0. The molecule has 5 nitrogen and oxygen atoms in total. The topological polar surface area (TPSA) is 71.1 Å². The van der Waals surface area contributed by atoms with Crippen LogP contribution in [-0.4, -0.2) is 19.7 Å².